The highest BCUT2D eigenvalue weighted by atomic mass is 16.2. The van der Waals surface area contributed by atoms with Gasteiger partial charge >= 0.3 is 0 Å². The van der Waals surface area contributed by atoms with Crippen molar-refractivity contribution in [2.45, 2.75) is 89.6 Å². The number of hydrogen-bond donors (Lipinski definition) is 1. The number of nitrogens with one attached hydrogen (secondary N) is 1. The molecule has 1 unspecified atom stereocenters. The van der Waals surface area contributed by atoms with Crippen molar-refractivity contribution < 1.29 is 4.79 Å². The summed E-state index contributed by atoms with van der Waals surface area (Å²) in [6, 6.07) is 0.317. The fourth-order valence-electron chi connectivity index (χ4n) is 5.33. The third-order valence-electron chi connectivity index (χ3n) is 6.97. The largest absolute Gasteiger partial charge is 0.354 e. The summed E-state index contributed by atoms with van der Waals surface area (Å²) >= 11 is 0. The Labute approximate surface area is 169 Å². The van der Waals surface area contributed by atoms with Gasteiger partial charge in [0.2, 0.25) is 11.9 Å². The van der Waals surface area contributed by atoms with Gasteiger partial charge in [0.1, 0.15) is 11.7 Å². The number of carbonyl (C=O) groups is 1. The number of nitrogens with zero attached hydrogens (tertiary/aromatic N) is 4. The Bertz CT molecular complexity index is 682. The number of likely N-dealkylation sites (N-methyl/N-ethyl adjacent to an activating group) is 1. The van der Waals surface area contributed by atoms with Crippen LogP contribution in [-0.2, 0) is 4.79 Å². The smallest absolute Gasteiger partial charge is 0.249 e. The maximum absolute atomic E-state index is 12.9. The van der Waals surface area contributed by atoms with Crippen LogP contribution in [0.4, 0.5) is 17.5 Å². The first-order chi connectivity index (χ1) is 13.7. The lowest BCUT2D eigenvalue weighted by atomic mass is 9.87. The van der Waals surface area contributed by atoms with Crippen molar-refractivity contribution in [1.29, 1.82) is 0 Å². The van der Waals surface area contributed by atoms with Crippen molar-refractivity contribution in [1.82, 2.24) is 9.97 Å². The summed E-state index contributed by atoms with van der Waals surface area (Å²) in [6.07, 6.45) is 15.5. The Kier molecular flexibility index (Phi) is 6.02. The zero-order valence-corrected chi connectivity index (χ0v) is 17.5. The molecule has 3 aliphatic rings. The fraction of sp³-hybridized carbons (Fsp3) is 0.773. The molecule has 0 radical (unpaired) electrons. The standard InChI is InChI=1S/C22H35N5O/c1-3-18-21(28)26(2)19-15-24-22(23-14-13-16-9-5-4-6-10-16)25-20(19)27(18)17-11-7-8-12-17/h15-18H,3-14H2,1-2H3,(H,23,24,25). The molecule has 2 heterocycles. The monoisotopic (exact) mass is 385 g/mol. The molecule has 0 spiro atoms. The summed E-state index contributed by atoms with van der Waals surface area (Å²) in [5.74, 6) is 2.66. The van der Waals surface area contributed by atoms with E-state index in [9.17, 15) is 4.79 Å². The molecule has 4 rings (SSSR count). The molecule has 1 aliphatic heterocycles. The normalized spacial score (nSPS) is 23.9. The molecule has 0 aromatic carbocycles. The van der Waals surface area contributed by atoms with Crippen molar-refractivity contribution >= 4 is 23.4 Å². The van der Waals surface area contributed by atoms with Crippen LogP contribution in [0.2, 0.25) is 0 Å². The first-order valence-corrected chi connectivity index (χ1v) is 11.4. The van der Waals surface area contributed by atoms with Crippen LogP contribution in [0.1, 0.15) is 77.6 Å². The molecule has 1 N–H and O–H groups in total. The van der Waals surface area contributed by atoms with E-state index < -0.39 is 0 Å². The minimum Gasteiger partial charge on any atom is -0.354 e. The van der Waals surface area contributed by atoms with Crippen LogP contribution in [0, 0.1) is 5.92 Å². The average molecular weight is 386 g/mol. The summed E-state index contributed by atoms with van der Waals surface area (Å²) in [6.45, 7) is 3.03. The lowest BCUT2D eigenvalue weighted by Gasteiger charge is -2.43. The predicted molar refractivity (Wildman–Crippen MR) is 114 cm³/mol. The van der Waals surface area contributed by atoms with Gasteiger partial charge in [-0.1, -0.05) is 51.9 Å². The van der Waals surface area contributed by atoms with E-state index in [1.165, 1.54) is 51.4 Å². The number of fused-ring (bicyclic) bond motifs is 1. The second-order valence-corrected chi connectivity index (χ2v) is 8.79. The number of anilines is 3. The topological polar surface area (TPSA) is 61.4 Å². The lowest BCUT2D eigenvalue weighted by molar-refractivity contribution is -0.120. The highest BCUT2D eigenvalue weighted by Crippen LogP contribution is 2.39. The number of aromatic nitrogens is 2. The first-order valence-electron chi connectivity index (χ1n) is 11.4. The molecule has 2 fully saturated rings. The molecule has 2 aliphatic carbocycles. The van der Waals surface area contributed by atoms with Gasteiger partial charge in [-0.05, 0) is 31.6 Å². The molecule has 6 heteroatoms. The van der Waals surface area contributed by atoms with E-state index in [1.54, 1.807) is 4.90 Å². The minimum absolute atomic E-state index is 0.106. The third-order valence-corrected chi connectivity index (χ3v) is 6.97. The molecule has 1 amide bonds. The van der Waals surface area contributed by atoms with Gasteiger partial charge in [-0.25, -0.2) is 4.98 Å². The van der Waals surface area contributed by atoms with E-state index in [-0.39, 0.29) is 11.9 Å². The fourth-order valence-corrected chi connectivity index (χ4v) is 5.33. The maximum atomic E-state index is 12.9. The van der Waals surface area contributed by atoms with Crippen molar-refractivity contribution in [3.8, 4) is 0 Å². The van der Waals surface area contributed by atoms with E-state index in [1.807, 2.05) is 13.2 Å². The van der Waals surface area contributed by atoms with Crippen molar-refractivity contribution in [2.24, 2.45) is 5.92 Å². The van der Waals surface area contributed by atoms with Gasteiger partial charge in [0.05, 0.1) is 6.20 Å². The van der Waals surface area contributed by atoms with Gasteiger partial charge in [0.15, 0.2) is 5.82 Å². The van der Waals surface area contributed by atoms with Crippen LogP contribution in [0.3, 0.4) is 0 Å². The van der Waals surface area contributed by atoms with E-state index in [0.29, 0.717) is 12.0 Å². The summed E-state index contributed by atoms with van der Waals surface area (Å²) < 4.78 is 0. The van der Waals surface area contributed by atoms with Gasteiger partial charge in [0.25, 0.3) is 0 Å². The number of carbonyl (C=O) groups excluding carboxylic acids is 1. The molecule has 1 aromatic heterocycles. The SMILES string of the molecule is CCC1C(=O)N(C)c2cnc(NCCC3CCCCC3)nc2N1C1CCCC1. The van der Waals surface area contributed by atoms with Crippen LogP contribution in [-0.4, -0.2) is 41.6 Å². The first kappa shape index (κ1) is 19.5. The van der Waals surface area contributed by atoms with E-state index in [4.69, 9.17) is 4.98 Å². The Balaban J connectivity index is 1.52. The summed E-state index contributed by atoms with van der Waals surface area (Å²) in [5, 5.41) is 3.46. The van der Waals surface area contributed by atoms with Gasteiger partial charge in [-0.3, -0.25) is 4.79 Å². The lowest BCUT2D eigenvalue weighted by Crippen LogP contribution is -2.55. The second-order valence-electron chi connectivity index (χ2n) is 8.79. The van der Waals surface area contributed by atoms with Crippen molar-refractivity contribution in [3.05, 3.63) is 6.20 Å². The average Bonchev–Trinajstić information content (AvgIpc) is 3.25. The highest BCUT2D eigenvalue weighted by molar-refractivity contribution is 6.04. The van der Waals surface area contributed by atoms with Crippen molar-refractivity contribution in [3.63, 3.8) is 0 Å². The Hall–Kier alpha value is -1.85. The number of hydrogen-bond acceptors (Lipinski definition) is 5. The minimum atomic E-state index is -0.106. The molecule has 0 saturated heterocycles. The van der Waals surface area contributed by atoms with Crippen LogP contribution in [0.5, 0.6) is 0 Å². The summed E-state index contributed by atoms with van der Waals surface area (Å²) in [7, 11) is 1.86. The van der Waals surface area contributed by atoms with Gasteiger partial charge in [-0.15, -0.1) is 0 Å². The number of rotatable bonds is 6. The molecule has 2 saturated carbocycles. The summed E-state index contributed by atoms with van der Waals surface area (Å²) in [4.78, 5) is 26.4. The number of amides is 1. The molecule has 6 nitrogen and oxygen atoms in total. The second kappa shape index (κ2) is 8.66. The molecule has 28 heavy (non-hydrogen) atoms. The molecule has 154 valence electrons. The quantitative estimate of drug-likeness (QED) is 0.788. The van der Waals surface area contributed by atoms with Crippen LogP contribution in [0.25, 0.3) is 0 Å². The third kappa shape index (κ3) is 3.83. The van der Waals surface area contributed by atoms with E-state index >= 15 is 0 Å². The summed E-state index contributed by atoms with van der Waals surface area (Å²) in [5.41, 5.74) is 0.847. The highest BCUT2D eigenvalue weighted by Gasteiger charge is 2.41. The van der Waals surface area contributed by atoms with Gasteiger partial charge in [0, 0.05) is 19.6 Å². The van der Waals surface area contributed by atoms with Crippen LogP contribution < -0.4 is 15.1 Å². The van der Waals surface area contributed by atoms with Gasteiger partial charge in [-0.2, -0.15) is 4.98 Å². The molecule has 0 bridgehead atoms. The van der Waals surface area contributed by atoms with Crippen molar-refractivity contribution in [2.75, 3.05) is 28.7 Å². The molecular formula is C22H35N5O. The zero-order chi connectivity index (χ0) is 19.5. The zero-order valence-electron chi connectivity index (χ0n) is 17.5. The molecular weight excluding hydrogens is 350 g/mol. The Morgan fingerprint density at radius 1 is 1.11 bits per heavy atom. The predicted octanol–water partition coefficient (Wildman–Crippen LogP) is 4.36. The molecule has 1 aromatic rings. The van der Waals surface area contributed by atoms with E-state index in [2.05, 4.69) is 22.1 Å². The Morgan fingerprint density at radius 2 is 1.82 bits per heavy atom. The Morgan fingerprint density at radius 3 is 2.54 bits per heavy atom. The van der Waals surface area contributed by atoms with Crippen LogP contribution >= 0.6 is 0 Å². The van der Waals surface area contributed by atoms with Gasteiger partial charge < -0.3 is 15.1 Å². The molecule has 1 atom stereocenters. The van der Waals surface area contributed by atoms with E-state index in [0.717, 1.165) is 43.2 Å². The maximum Gasteiger partial charge on any atom is 0.249 e. The van der Waals surface area contributed by atoms with Crippen LogP contribution in [0.15, 0.2) is 6.20 Å².